The molecule has 0 aromatic rings. The van der Waals surface area contributed by atoms with E-state index in [1.807, 2.05) is 27.9 Å². The Morgan fingerprint density at radius 3 is 0.783 bits per heavy atom. The van der Waals surface area contributed by atoms with Crippen LogP contribution in [0.15, 0.2) is 0 Å². The van der Waals surface area contributed by atoms with Crippen molar-refractivity contribution in [2.45, 2.75) is 34.6 Å². The number of hydrogen-bond acceptors (Lipinski definition) is 5. The molecule has 9 heteroatoms. The third-order valence-corrected chi connectivity index (χ3v) is 1.82. The van der Waals surface area contributed by atoms with Gasteiger partial charge in [-0.15, -0.1) is 0 Å². The van der Waals surface area contributed by atoms with Gasteiger partial charge in [0.15, 0.2) is 0 Å². The first-order valence-electron chi connectivity index (χ1n) is 6.63. The van der Waals surface area contributed by atoms with Crippen LogP contribution in [-0.4, -0.2) is 56.3 Å². The SMILES string of the molecule is CC=O.CNC(C)=O.CNC(C)=O.CNC(C)=S.CNC(C)=S. The second-order valence-corrected chi connectivity index (χ2v) is 4.69. The molecule has 0 aromatic heterocycles. The van der Waals surface area contributed by atoms with Crippen LogP contribution < -0.4 is 21.3 Å². The molecule has 0 fully saturated rings. The van der Waals surface area contributed by atoms with Crippen molar-refractivity contribution in [1.82, 2.24) is 21.3 Å². The zero-order valence-corrected chi connectivity index (χ0v) is 17.3. The lowest BCUT2D eigenvalue weighted by Gasteiger charge is -1.84. The zero-order chi connectivity index (χ0) is 19.8. The molecule has 0 aliphatic heterocycles. The largest absolute Gasteiger partial charge is 0.383 e. The molecule has 0 unspecified atom stereocenters. The molecule has 0 heterocycles. The Hall–Kier alpha value is -1.61. The molecule has 138 valence electrons. The summed E-state index contributed by atoms with van der Waals surface area (Å²) in [6.45, 7) is 8.07. The minimum absolute atomic E-state index is 0.00463. The van der Waals surface area contributed by atoms with Crippen LogP contribution in [-0.2, 0) is 14.4 Å². The van der Waals surface area contributed by atoms with Gasteiger partial charge in [-0.05, 0) is 20.8 Å². The number of rotatable bonds is 0. The number of nitrogens with one attached hydrogen (secondary N) is 4. The molecule has 2 amide bonds. The molecule has 0 aliphatic carbocycles. The topological polar surface area (TPSA) is 99.3 Å². The number of aldehydes is 1. The van der Waals surface area contributed by atoms with E-state index in [9.17, 15) is 9.59 Å². The minimum atomic E-state index is 0.00463. The number of thiocarbonyl (C=S) groups is 2. The standard InChI is InChI=1S/2C3H7NO.2C3H7NS.C2H4O/c4*1-3(5)4-2;1-2-3/h4*1-2H3,(H,4,5);2H,1H3. The van der Waals surface area contributed by atoms with Crippen molar-refractivity contribution in [3.8, 4) is 0 Å². The average molecular weight is 369 g/mol. The van der Waals surface area contributed by atoms with E-state index in [1.54, 1.807) is 14.1 Å². The Labute approximate surface area is 151 Å². The highest BCUT2D eigenvalue weighted by molar-refractivity contribution is 7.80. The van der Waals surface area contributed by atoms with Crippen LogP contribution in [0.25, 0.3) is 0 Å². The van der Waals surface area contributed by atoms with Crippen molar-refractivity contribution >= 4 is 52.5 Å². The number of amides is 2. The highest BCUT2D eigenvalue weighted by atomic mass is 32.1. The van der Waals surface area contributed by atoms with Gasteiger partial charge < -0.3 is 26.1 Å². The molecule has 0 atom stereocenters. The number of hydrogen-bond donors (Lipinski definition) is 4. The van der Waals surface area contributed by atoms with Crippen molar-refractivity contribution in [1.29, 1.82) is 0 Å². The van der Waals surface area contributed by atoms with Gasteiger partial charge in [-0.1, -0.05) is 24.4 Å². The fourth-order valence-electron chi connectivity index (χ4n) is 0. The van der Waals surface area contributed by atoms with Crippen molar-refractivity contribution in [2.75, 3.05) is 28.2 Å². The van der Waals surface area contributed by atoms with Crippen LogP contribution in [0.1, 0.15) is 34.6 Å². The molecule has 7 nitrogen and oxygen atoms in total. The van der Waals surface area contributed by atoms with Gasteiger partial charge in [0.05, 0.1) is 9.98 Å². The van der Waals surface area contributed by atoms with E-state index in [4.69, 9.17) is 4.79 Å². The monoisotopic (exact) mass is 368 g/mol. The Morgan fingerprint density at radius 1 is 0.696 bits per heavy atom. The van der Waals surface area contributed by atoms with Crippen LogP contribution in [0.5, 0.6) is 0 Å². The maximum absolute atomic E-state index is 9.70. The highest BCUT2D eigenvalue weighted by Crippen LogP contribution is 1.57. The summed E-state index contributed by atoms with van der Waals surface area (Å²) in [6, 6.07) is 0. The molecular formula is C14H32N4O3S2. The third-order valence-electron chi connectivity index (χ3n) is 1.41. The van der Waals surface area contributed by atoms with Crippen LogP contribution in [0.4, 0.5) is 0 Å². The Morgan fingerprint density at radius 2 is 0.783 bits per heavy atom. The summed E-state index contributed by atoms with van der Waals surface area (Å²) < 4.78 is 0. The lowest BCUT2D eigenvalue weighted by Crippen LogP contribution is -2.11. The molecule has 0 saturated carbocycles. The molecule has 0 aliphatic rings. The molecule has 0 spiro atoms. The molecule has 0 saturated heterocycles. The fourth-order valence-corrected chi connectivity index (χ4v) is 0. The van der Waals surface area contributed by atoms with E-state index in [2.05, 4.69) is 45.7 Å². The average Bonchev–Trinajstić information content (AvgIpc) is 2.49. The maximum atomic E-state index is 9.70. The molecular weight excluding hydrogens is 336 g/mol. The van der Waals surface area contributed by atoms with Crippen LogP contribution >= 0.6 is 24.4 Å². The smallest absolute Gasteiger partial charge is 0.216 e. The second-order valence-electron chi connectivity index (χ2n) is 3.46. The van der Waals surface area contributed by atoms with Crippen LogP contribution in [0.2, 0.25) is 0 Å². The quantitative estimate of drug-likeness (QED) is 0.371. The second kappa shape index (κ2) is 32.4. The predicted octanol–water partition coefficient (Wildman–Crippen LogP) is 0.816. The lowest BCUT2D eigenvalue weighted by atomic mass is 10.7. The summed E-state index contributed by atoms with van der Waals surface area (Å²) in [5, 5.41) is 10.3. The van der Waals surface area contributed by atoms with E-state index in [0.29, 0.717) is 0 Å². The van der Waals surface area contributed by atoms with E-state index in [-0.39, 0.29) is 11.8 Å². The minimum Gasteiger partial charge on any atom is -0.383 e. The summed E-state index contributed by atoms with van der Waals surface area (Å²) in [4.78, 5) is 29.9. The van der Waals surface area contributed by atoms with Crippen LogP contribution in [0.3, 0.4) is 0 Å². The first-order valence-corrected chi connectivity index (χ1v) is 7.45. The van der Waals surface area contributed by atoms with E-state index < -0.39 is 0 Å². The van der Waals surface area contributed by atoms with Gasteiger partial charge in [-0.25, -0.2) is 0 Å². The molecule has 4 N–H and O–H groups in total. The Kier molecular flexibility index (Phi) is 46.6. The van der Waals surface area contributed by atoms with Gasteiger partial charge >= 0.3 is 0 Å². The van der Waals surface area contributed by atoms with Crippen molar-refractivity contribution < 1.29 is 14.4 Å². The number of carbonyl (C=O) groups is 3. The molecule has 0 rings (SSSR count). The molecule has 0 radical (unpaired) electrons. The lowest BCUT2D eigenvalue weighted by molar-refractivity contribution is -0.119. The summed E-state index contributed by atoms with van der Waals surface area (Å²) >= 11 is 9.17. The summed E-state index contributed by atoms with van der Waals surface area (Å²) in [6.07, 6.45) is 0.750. The summed E-state index contributed by atoms with van der Waals surface area (Å²) in [7, 11) is 6.81. The zero-order valence-electron chi connectivity index (χ0n) is 15.6. The van der Waals surface area contributed by atoms with Crippen molar-refractivity contribution in [3.05, 3.63) is 0 Å². The maximum Gasteiger partial charge on any atom is 0.216 e. The van der Waals surface area contributed by atoms with Crippen LogP contribution in [0, 0.1) is 0 Å². The van der Waals surface area contributed by atoms with Gasteiger partial charge in [0.2, 0.25) is 11.8 Å². The molecule has 23 heavy (non-hydrogen) atoms. The van der Waals surface area contributed by atoms with E-state index in [1.165, 1.54) is 20.8 Å². The highest BCUT2D eigenvalue weighted by Gasteiger charge is 1.73. The van der Waals surface area contributed by atoms with Crippen molar-refractivity contribution in [3.63, 3.8) is 0 Å². The predicted molar refractivity (Wildman–Crippen MR) is 106 cm³/mol. The van der Waals surface area contributed by atoms with E-state index in [0.717, 1.165) is 16.3 Å². The van der Waals surface area contributed by atoms with Crippen molar-refractivity contribution in [2.24, 2.45) is 0 Å². The van der Waals surface area contributed by atoms with Gasteiger partial charge in [0, 0.05) is 42.0 Å². The first kappa shape index (κ1) is 33.1. The van der Waals surface area contributed by atoms with Gasteiger partial charge in [-0.3, -0.25) is 9.59 Å². The fraction of sp³-hybridized carbons (Fsp3) is 0.643. The Bertz CT molecular complexity index is 269. The van der Waals surface area contributed by atoms with Gasteiger partial charge in [-0.2, -0.15) is 0 Å². The van der Waals surface area contributed by atoms with Gasteiger partial charge in [0.25, 0.3) is 0 Å². The summed E-state index contributed by atoms with van der Waals surface area (Å²) in [5.74, 6) is 0.00926. The Balaban J connectivity index is -0.0000000593. The molecule has 0 bridgehead atoms. The van der Waals surface area contributed by atoms with E-state index >= 15 is 0 Å². The normalized spacial score (nSPS) is 6.48. The third kappa shape index (κ3) is 169. The number of carbonyl (C=O) groups excluding carboxylic acids is 3. The summed E-state index contributed by atoms with van der Waals surface area (Å²) in [5.41, 5.74) is 0. The first-order chi connectivity index (χ1) is 10.5. The molecule has 0 aromatic carbocycles. The van der Waals surface area contributed by atoms with Gasteiger partial charge in [0.1, 0.15) is 6.29 Å².